The summed E-state index contributed by atoms with van der Waals surface area (Å²) in [5.41, 5.74) is 3.41. The molecular formula is C25H25N5O2. The molecule has 32 heavy (non-hydrogen) atoms. The molecule has 0 saturated heterocycles. The van der Waals surface area contributed by atoms with Gasteiger partial charge in [-0.2, -0.15) is 9.50 Å². The molecule has 2 aromatic heterocycles. The fourth-order valence-electron chi connectivity index (χ4n) is 3.66. The van der Waals surface area contributed by atoms with Crippen molar-refractivity contribution < 1.29 is 4.79 Å². The highest BCUT2D eigenvalue weighted by Crippen LogP contribution is 2.17. The van der Waals surface area contributed by atoms with Crippen LogP contribution in [0.25, 0.3) is 17.2 Å². The molecule has 7 heteroatoms. The highest BCUT2D eigenvalue weighted by molar-refractivity contribution is 5.92. The van der Waals surface area contributed by atoms with Gasteiger partial charge in [-0.05, 0) is 31.0 Å². The van der Waals surface area contributed by atoms with E-state index in [2.05, 4.69) is 28.9 Å². The molecule has 0 aliphatic heterocycles. The number of nitrogens with zero attached hydrogens (tertiary/aromatic N) is 4. The van der Waals surface area contributed by atoms with Crippen LogP contribution in [0.2, 0.25) is 0 Å². The summed E-state index contributed by atoms with van der Waals surface area (Å²) in [6.45, 7) is 8.15. The van der Waals surface area contributed by atoms with Gasteiger partial charge in [-0.15, -0.1) is 11.7 Å². The predicted molar refractivity (Wildman–Crippen MR) is 126 cm³/mol. The van der Waals surface area contributed by atoms with Crippen LogP contribution in [-0.4, -0.2) is 25.1 Å². The van der Waals surface area contributed by atoms with Gasteiger partial charge in [-0.1, -0.05) is 55.5 Å². The van der Waals surface area contributed by atoms with Crippen LogP contribution in [0.4, 0.5) is 5.69 Å². The Morgan fingerprint density at radius 2 is 1.84 bits per heavy atom. The summed E-state index contributed by atoms with van der Waals surface area (Å²) in [4.78, 5) is 30.6. The minimum Gasteiger partial charge on any atom is -0.326 e. The third-order valence-electron chi connectivity index (χ3n) is 5.45. The van der Waals surface area contributed by atoms with Crippen LogP contribution in [0, 0.1) is 6.92 Å². The first kappa shape index (κ1) is 21.2. The van der Waals surface area contributed by atoms with Crippen molar-refractivity contribution >= 4 is 17.4 Å². The number of hydrogen-bond donors (Lipinski definition) is 1. The van der Waals surface area contributed by atoms with E-state index < -0.39 is 0 Å². The molecule has 4 rings (SSSR count). The van der Waals surface area contributed by atoms with Crippen LogP contribution in [0.1, 0.15) is 23.7 Å². The van der Waals surface area contributed by atoms with Crippen LogP contribution in [0.5, 0.6) is 0 Å². The van der Waals surface area contributed by atoms with E-state index in [-0.39, 0.29) is 17.9 Å². The van der Waals surface area contributed by atoms with Crippen molar-refractivity contribution in [2.24, 2.45) is 0 Å². The minimum absolute atomic E-state index is 0.0617. The van der Waals surface area contributed by atoms with Gasteiger partial charge < -0.3 is 9.88 Å². The summed E-state index contributed by atoms with van der Waals surface area (Å²) in [6.07, 6.45) is 2.60. The molecule has 162 valence electrons. The number of aromatic nitrogens is 4. The molecule has 1 N–H and O–H groups in total. The lowest BCUT2D eigenvalue weighted by Gasteiger charge is -2.14. The van der Waals surface area contributed by atoms with Crippen molar-refractivity contribution in [1.29, 1.82) is 0 Å². The first-order chi connectivity index (χ1) is 15.5. The Balaban J connectivity index is 1.72. The molecule has 0 bridgehead atoms. The molecule has 0 aliphatic rings. The number of rotatable bonds is 7. The van der Waals surface area contributed by atoms with Gasteiger partial charge in [0.2, 0.25) is 11.7 Å². The molecule has 0 unspecified atom stereocenters. The SMILES string of the molecule is C=CCn1c(C)c(CC(=O)Nc2ccc(CC)cc2)c(=O)n2nc(-c3ccccc3)nc12. The summed E-state index contributed by atoms with van der Waals surface area (Å²) in [6, 6.07) is 17.2. The van der Waals surface area contributed by atoms with E-state index in [9.17, 15) is 9.59 Å². The molecule has 2 heterocycles. The lowest BCUT2D eigenvalue weighted by atomic mass is 10.1. The average Bonchev–Trinajstić information content (AvgIpc) is 3.26. The minimum atomic E-state index is -0.344. The zero-order valence-corrected chi connectivity index (χ0v) is 18.2. The quantitative estimate of drug-likeness (QED) is 0.455. The van der Waals surface area contributed by atoms with Gasteiger partial charge in [0.1, 0.15) is 0 Å². The van der Waals surface area contributed by atoms with E-state index in [4.69, 9.17) is 0 Å². The standard InChI is InChI=1S/C25H25N5O2/c1-4-15-29-17(3)21(16-22(31)26-20-13-11-18(5-2)12-14-20)24(32)30-25(29)27-23(28-30)19-9-7-6-8-10-19/h4,6-14H,1,5,15-16H2,2-3H3,(H,26,31). The van der Waals surface area contributed by atoms with E-state index in [1.54, 1.807) is 6.08 Å². The first-order valence-corrected chi connectivity index (χ1v) is 10.6. The summed E-state index contributed by atoms with van der Waals surface area (Å²) in [5, 5.41) is 7.32. The number of fused-ring (bicyclic) bond motifs is 1. The number of anilines is 1. The smallest absolute Gasteiger partial charge is 0.279 e. The van der Waals surface area contributed by atoms with Gasteiger partial charge in [-0.3, -0.25) is 9.59 Å². The van der Waals surface area contributed by atoms with Crippen LogP contribution in [0.15, 0.2) is 72.0 Å². The van der Waals surface area contributed by atoms with E-state index in [1.165, 1.54) is 10.1 Å². The molecule has 0 radical (unpaired) electrons. The van der Waals surface area contributed by atoms with Crippen molar-refractivity contribution in [1.82, 2.24) is 19.2 Å². The molecule has 0 spiro atoms. The van der Waals surface area contributed by atoms with Gasteiger partial charge in [0, 0.05) is 29.1 Å². The zero-order chi connectivity index (χ0) is 22.7. The fourth-order valence-corrected chi connectivity index (χ4v) is 3.66. The van der Waals surface area contributed by atoms with Gasteiger partial charge in [-0.25, -0.2) is 0 Å². The molecule has 7 nitrogen and oxygen atoms in total. The predicted octanol–water partition coefficient (Wildman–Crippen LogP) is 3.80. The Bertz CT molecular complexity index is 1340. The van der Waals surface area contributed by atoms with Gasteiger partial charge in [0.05, 0.1) is 6.42 Å². The third-order valence-corrected chi connectivity index (χ3v) is 5.45. The van der Waals surface area contributed by atoms with Gasteiger partial charge in [0.25, 0.3) is 5.56 Å². The highest BCUT2D eigenvalue weighted by Gasteiger charge is 2.20. The van der Waals surface area contributed by atoms with Crippen molar-refractivity contribution in [3.8, 4) is 11.4 Å². The summed E-state index contributed by atoms with van der Waals surface area (Å²) in [7, 11) is 0. The number of carbonyl (C=O) groups is 1. The molecule has 4 aromatic rings. The van der Waals surface area contributed by atoms with E-state index in [1.807, 2.05) is 66.1 Å². The third kappa shape index (κ3) is 4.09. The van der Waals surface area contributed by atoms with E-state index >= 15 is 0 Å². The van der Waals surface area contributed by atoms with Gasteiger partial charge in [0.15, 0.2) is 5.82 Å². The summed E-state index contributed by atoms with van der Waals surface area (Å²) >= 11 is 0. The number of aryl methyl sites for hydroxylation is 1. The van der Waals surface area contributed by atoms with E-state index in [0.29, 0.717) is 35.1 Å². The maximum atomic E-state index is 13.3. The Morgan fingerprint density at radius 1 is 1.12 bits per heavy atom. The molecule has 0 aliphatic carbocycles. The van der Waals surface area contributed by atoms with Crippen molar-refractivity contribution in [2.75, 3.05) is 5.32 Å². The van der Waals surface area contributed by atoms with Crippen LogP contribution in [-0.2, 0) is 24.2 Å². The largest absolute Gasteiger partial charge is 0.326 e. The Kier molecular flexibility index (Phi) is 5.98. The number of benzene rings is 2. The fraction of sp³-hybridized carbons (Fsp3) is 0.200. The second kappa shape index (κ2) is 9.01. The number of nitrogens with one attached hydrogen (secondary N) is 1. The first-order valence-electron chi connectivity index (χ1n) is 10.6. The van der Waals surface area contributed by atoms with E-state index in [0.717, 1.165) is 12.0 Å². The maximum absolute atomic E-state index is 13.3. The second-order valence-corrected chi connectivity index (χ2v) is 7.56. The molecule has 0 fully saturated rings. The topological polar surface area (TPSA) is 81.3 Å². The Hall–Kier alpha value is -4.00. The zero-order valence-electron chi connectivity index (χ0n) is 18.2. The Labute approximate surface area is 186 Å². The average molecular weight is 428 g/mol. The van der Waals surface area contributed by atoms with Crippen LogP contribution >= 0.6 is 0 Å². The number of allylic oxidation sites excluding steroid dienone is 1. The number of hydrogen-bond acceptors (Lipinski definition) is 4. The van der Waals surface area contributed by atoms with Crippen LogP contribution < -0.4 is 10.9 Å². The molecule has 2 aromatic carbocycles. The van der Waals surface area contributed by atoms with Gasteiger partial charge >= 0.3 is 0 Å². The summed E-state index contributed by atoms with van der Waals surface area (Å²) < 4.78 is 3.13. The summed E-state index contributed by atoms with van der Waals surface area (Å²) in [5.74, 6) is 0.616. The molecule has 0 atom stereocenters. The van der Waals surface area contributed by atoms with Crippen molar-refractivity contribution in [3.05, 3.63) is 94.4 Å². The normalized spacial score (nSPS) is 10.9. The van der Waals surface area contributed by atoms with Crippen molar-refractivity contribution in [2.45, 2.75) is 33.2 Å². The molecular weight excluding hydrogens is 402 g/mol. The number of carbonyl (C=O) groups excluding carboxylic acids is 1. The maximum Gasteiger partial charge on any atom is 0.279 e. The number of amides is 1. The highest BCUT2D eigenvalue weighted by atomic mass is 16.2. The lowest BCUT2D eigenvalue weighted by molar-refractivity contribution is -0.115. The Morgan fingerprint density at radius 3 is 2.50 bits per heavy atom. The molecule has 1 amide bonds. The van der Waals surface area contributed by atoms with Crippen molar-refractivity contribution in [3.63, 3.8) is 0 Å². The second-order valence-electron chi connectivity index (χ2n) is 7.56. The monoisotopic (exact) mass is 427 g/mol. The van der Waals surface area contributed by atoms with Crippen LogP contribution in [0.3, 0.4) is 0 Å². The molecule has 0 saturated carbocycles. The lowest BCUT2D eigenvalue weighted by Crippen LogP contribution is -2.29.